The van der Waals surface area contributed by atoms with E-state index in [0.29, 0.717) is 0 Å². The van der Waals surface area contributed by atoms with Crippen LogP contribution in [0.15, 0.2) is 0 Å². The second-order valence-corrected chi connectivity index (χ2v) is 24.5. The minimum absolute atomic E-state index is 0.831. The first-order chi connectivity index (χ1) is 2.00. The molecule has 0 amide bonds. The molecule has 0 aliphatic heterocycles. The number of halogens is 3. The molecule has 0 radical (unpaired) electrons. The van der Waals surface area contributed by atoms with Crippen LogP contribution in [0.3, 0.4) is 0 Å². The molecule has 0 saturated carbocycles. The monoisotopic (exact) mass is 197 g/mol. The number of rotatable bonds is 0. The standard InChI is InChI=1S/Cl3Si.Zn/c1-4(2)3;. The Morgan fingerprint density at radius 1 is 1.20 bits per heavy atom. The van der Waals surface area contributed by atoms with Gasteiger partial charge < -0.3 is 0 Å². The van der Waals surface area contributed by atoms with Crippen molar-refractivity contribution in [2.24, 2.45) is 0 Å². The van der Waals surface area contributed by atoms with Crippen molar-refractivity contribution in [3.8, 4) is 0 Å². The molecular formula is Cl3SiZn. The molecule has 0 aliphatic carbocycles. The first-order valence-electron chi connectivity index (χ1n) is 0.921. The molecule has 0 aromatic carbocycles. The fourth-order valence-corrected chi connectivity index (χ4v) is 0. The van der Waals surface area contributed by atoms with Crippen LogP contribution in [0.25, 0.3) is 0 Å². The molecule has 0 aliphatic rings. The fourth-order valence-electron chi connectivity index (χ4n) is 0. The molecule has 0 bridgehead atoms. The molecule has 0 atom stereocenters. The molecule has 0 rings (SSSR count). The Bertz CT molecular complexity index is 22.4. The number of hydrogen-bond acceptors (Lipinski definition) is 0. The van der Waals surface area contributed by atoms with Crippen LogP contribution in [0.4, 0.5) is 0 Å². The van der Waals surface area contributed by atoms with Crippen LogP contribution in [0, 0.1) is 0 Å². The summed E-state index contributed by atoms with van der Waals surface area (Å²) in [7, 11) is 0. The van der Waals surface area contributed by atoms with Gasteiger partial charge in [-0.15, -0.1) is 0 Å². The van der Waals surface area contributed by atoms with Crippen LogP contribution >= 0.6 is 33.2 Å². The van der Waals surface area contributed by atoms with Gasteiger partial charge in [-0.25, -0.2) is 0 Å². The van der Waals surface area contributed by atoms with Crippen molar-refractivity contribution >= 4 is 37.5 Å². The molecule has 0 nitrogen and oxygen atoms in total. The van der Waals surface area contributed by atoms with E-state index in [1.54, 1.807) is 0 Å². The van der Waals surface area contributed by atoms with Gasteiger partial charge in [0.2, 0.25) is 0 Å². The molecule has 0 aromatic rings. The Kier molecular flexibility index (Phi) is 2.86. The van der Waals surface area contributed by atoms with Crippen molar-refractivity contribution in [3.63, 3.8) is 0 Å². The Morgan fingerprint density at radius 2 is 1.20 bits per heavy atom. The SMILES string of the molecule is Cl[Si](Cl)(Cl)[Zn]. The first kappa shape index (κ1) is 6.71. The van der Waals surface area contributed by atoms with Crippen molar-refractivity contribution in [3.05, 3.63) is 0 Å². The van der Waals surface area contributed by atoms with Crippen molar-refractivity contribution in [1.29, 1.82) is 0 Å². The average molecular weight is 200 g/mol. The molecule has 27 valence electrons. The Morgan fingerprint density at radius 3 is 1.20 bits per heavy atom. The van der Waals surface area contributed by atoms with E-state index in [-0.39, 0.29) is 0 Å². The molecule has 5 heteroatoms. The van der Waals surface area contributed by atoms with Crippen molar-refractivity contribution in [2.75, 3.05) is 0 Å². The van der Waals surface area contributed by atoms with Gasteiger partial charge in [-0.3, -0.25) is 0 Å². The third kappa shape index (κ3) is 26.9. The van der Waals surface area contributed by atoms with Gasteiger partial charge in [0.05, 0.1) is 0 Å². The van der Waals surface area contributed by atoms with Crippen LogP contribution in [0.2, 0.25) is 0 Å². The second-order valence-electron chi connectivity index (χ2n) is 0.615. The molecule has 0 unspecified atom stereocenters. The molecule has 0 aromatic heterocycles. The van der Waals surface area contributed by atoms with Gasteiger partial charge >= 0.3 is 55.1 Å². The van der Waals surface area contributed by atoms with Crippen LogP contribution in [-0.2, 0) is 17.6 Å². The summed E-state index contributed by atoms with van der Waals surface area (Å²) in [4.78, 5) is 0. The van der Waals surface area contributed by atoms with Crippen LogP contribution in [-0.4, -0.2) is 4.23 Å². The van der Waals surface area contributed by atoms with Crippen LogP contribution in [0.1, 0.15) is 0 Å². The first-order valence-corrected chi connectivity index (χ1v) is 10.6. The summed E-state index contributed by atoms with van der Waals surface area (Å²) < 4.78 is -2.07. The van der Waals surface area contributed by atoms with Gasteiger partial charge in [0.1, 0.15) is 0 Å². The van der Waals surface area contributed by atoms with Gasteiger partial charge in [0, 0.05) is 0 Å². The Labute approximate surface area is 54.9 Å². The second kappa shape index (κ2) is 2.13. The van der Waals surface area contributed by atoms with E-state index >= 15 is 0 Å². The summed E-state index contributed by atoms with van der Waals surface area (Å²) in [6.45, 7) is 0. The maximum atomic E-state index is 5.26. The molecular weight excluding hydrogens is 200 g/mol. The van der Waals surface area contributed by atoms with Crippen molar-refractivity contribution in [1.82, 2.24) is 0 Å². The molecule has 0 spiro atoms. The van der Waals surface area contributed by atoms with E-state index in [9.17, 15) is 0 Å². The third-order valence-corrected chi connectivity index (χ3v) is 0. The summed E-state index contributed by atoms with van der Waals surface area (Å²) >= 11 is 16.6. The van der Waals surface area contributed by atoms with Gasteiger partial charge in [0.25, 0.3) is 0 Å². The molecule has 0 saturated heterocycles. The van der Waals surface area contributed by atoms with Crippen LogP contribution < -0.4 is 0 Å². The summed E-state index contributed by atoms with van der Waals surface area (Å²) in [6, 6.07) is 0. The summed E-state index contributed by atoms with van der Waals surface area (Å²) in [6.07, 6.45) is 0. The summed E-state index contributed by atoms with van der Waals surface area (Å²) in [5, 5.41) is 0. The van der Waals surface area contributed by atoms with E-state index in [2.05, 4.69) is 0 Å². The minimum atomic E-state index is -2.07. The van der Waals surface area contributed by atoms with Gasteiger partial charge in [-0.05, 0) is 0 Å². The molecule has 0 fully saturated rings. The van der Waals surface area contributed by atoms with E-state index < -0.39 is 4.23 Å². The Hall–Kier alpha value is 1.71. The fraction of sp³-hybridized carbons (Fsp3) is 0. The maximum absolute atomic E-state index is 5.26. The predicted octanol–water partition coefficient (Wildman–Crippen LogP) is 1.69. The zero-order chi connectivity index (χ0) is 4.50. The topological polar surface area (TPSA) is 0 Å². The zero-order valence-corrected chi connectivity index (χ0v) is 8.58. The Balaban J connectivity index is 3.02. The van der Waals surface area contributed by atoms with Gasteiger partial charge in [-0.1, -0.05) is 0 Å². The molecule has 0 heterocycles. The average Bonchev–Trinajstić information content (AvgIpc) is 0.722. The van der Waals surface area contributed by atoms with Gasteiger partial charge in [0.15, 0.2) is 0 Å². The van der Waals surface area contributed by atoms with Crippen molar-refractivity contribution in [2.45, 2.75) is 0 Å². The van der Waals surface area contributed by atoms with Crippen LogP contribution in [0.5, 0.6) is 0 Å². The number of hydrogen-bond donors (Lipinski definition) is 0. The summed E-state index contributed by atoms with van der Waals surface area (Å²) in [5.74, 6) is 0. The molecule has 5 heavy (non-hydrogen) atoms. The van der Waals surface area contributed by atoms with E-state index in [1.165, 1.54) is 0 Å². The molecule has 0 N–H and O–H groups in total. The predicted molar refractivity (Wildman–Crippen MR) is 23.3 cm³/mol. The quantitative estimate of drug-likeness (QED) is 0.412. The van der Waals surface area contributed by atoms with E-state index in [4.69, 9.17) is 33.2 Å². The van der Waals surface area contributed by atoms with Gasteiger partial charge in [-0.2, -0.15) is 0 Å². The van der Waals surface area contributed by atoms with E-state index in [1.807, 2.05) is 0 Å². The zero-order valence-electron chi connectivity index (χ0n) is 2.34. The summed E-state index contributed by atoms with van der Waals surface area (Å²) in [5.41, 5.74) is 0. The normalized spacial score (nSPS) is 12.2. The van der Waals surface area contributed by atoms with Crippen molar-refractivity contribution < 1.29 is 17.6 Å². The third-order valence-electron chi connectivity index (χ3n) is 0. The van der Waals surface area contributed by atoms with E-state index in [0.717, 1.165) is 17.6 Å².